The van der Waals surface area contributed by atoms with Crippen LogP contribution in [0.3, 0.4) is 0 Å². The number of fused-ring (bicyclic) bond motifs is 4. The Balaban J connectivity index is 0.000000346. The maximum absolute atomic E-state index is 12.8. The summed E-state index contributed by atoms with van der Waals surface area (Å²) in [4.78, 5) is 18.7. The van der Waals surface area contributed by atoms with E-state index in [1.807, 2.05) is 24.4 Å². The summed E-state index contributed by atoms with van der Waals surface area (Å²) < 4.78 is 52.1. The fourth-order valence-electron chi connectivity index (χ4n) is 7.79. The normalized spacial score (nSPS) is 13.3. The first-order valence-electron chi connectivity index (χ1n) is 23.6. The molecule has 64 heavy (non-hydrogen) atoms. The standard InChI is InChI=1S/C41H48N3O2.C15H15FN.Ir/c1-21(2)25-16-27(22(3)4)34(28(17-25)23(5)6)35-36-31(45-39(44-36)41(11,12)13)18-29-33-24(7)14-15-26(37(33)46-38(29)35)30-19-32(40(8,9)10)43-20-42-30;1-15(2,3)12-6-9-14(17-10-12)11-4-7-13(16)8-5-11;/h14,16-23H,1-13H3;4,6-10H,1-3H3;/q2*-1;/i7D3;;. The fraction of sp³-hybridized carbons (Fsp3) is 0.393. The zero-order valence-corrected chi connectivity index (χ0v) is 42.4. The van der Waals surface area contributed by atoms with Crippen molar-refractivity contribution in [2.45, 2.75) is 145 Å². The molecular weight excluding hydrogens is 972 g/mol. The molecule has 0 aliphatic carbocycles. The largest absolute Gasteiger partial charge is 0.500 e. The van der Waals surface area contributed by atoms with E-state index in [4.69, 9.17) is 17.9 Å². The van der Waals surface area contributed by atoms with E-state index >= 15 is 0 Å². The van der Waals surface area contributed by atoms with Gasteiger partial charge in [0.05, 0.1) is 11.1 Å². The van der Waals surface area contributed by atoms with Crippen molar-refractivity contribution >= 4 is 33.0 Å². The van der Waals surface area contributed by atoms with Gasteiger partial charge in [-0.3, -0.25) is 9.37 Å². The third-order valence-electron chi connectivity index (χ3n) is 11.6. The van der Waals surface area contributed by atoms with Crippen molar-refractivity contribution in [1.29, 1.82) is 0 Å². The number of benzene rings is 4. The summed E-state index contributed by atoms with van der Waals surface area (Å²) in [5.74, 6) is 1.05. The molecule has 4 aromatic heterocycles. The molecule has 337 valence electrons. The molecule has 0 spiro atoms. The number of rotatable bonds is 6. The number of nitrogens with zero attached hydrogens (tertiary/aromatic N) is 4. The quantitative estimate of drug-likeness (QED) is 0.154. The summed E-state index contributed by atoms with van der Waals surface area (Å²) in [7, 11) is 0. The number of oxazole rings is 1. The monoisotopic (exact) mass is 1040 g/mol. The number of furan rings is 1. The molecule has 0 fully saturated rings. The van der Waals surface area contributed by atoms with Crippen LogP contribution in [0.2, 0.25) is 0 Å². The van der Waals surface area contributed by atoms with E-state index in [0.717, 1.165) is 28.1 Å². The van der Waals surface area contributed by atoms with Gasteiger partial charge in [-0.25, -0.2) is 9.97 Å². The van der Waals surface area contributed by atoms with E-state index in [2.05, 4.69) is 149 Å². The maximum Gasteiger partial charge on any atom is 0.200 e. The van der Waals surface area contributed by atoms with Gasteiger partial charge in [-0.15, -0.1) is 47.5 Å². The van der Waals surface area contributed by atoms with E-state index < -0.39 is 6.85 Å². The molecule has 4 heterocycles. The molecule has 6 nitrogen and oxygen atoms in total. The molecule has 0 unspecified atom stereocenters. The summed E-state index contributed by atoms with van der Waals surface area (Å²) in [6.07, 6.45) is 3.42. The molecule has 0 aliphatic heterocycles. The van der Waals surface area contributed by atoms with Gasteiger partial charge in [-0.1, -0.05) is 152 Å². The van der Waals surface area contributed by atoms with Gasteiger partial charge in [0.15, 0.2) is 5.58 Å². The summed E-state index contributed by atoms with van der Waals surface area (Å²) in [5.41, 5.74) is 12.4. The average Bonchev–Trinajstić information content (AvgIpc) is 3.84. The van der Waals surface area contributed by atoms with Gasteiger partial charge in [0.1, 0.15) is 17.4 Å². The number of aryl methyl sites for hydroxylation is 1. The van der Waals surface area contributed by atoms with Gasteiger partial charge in [-0.05, 0) is 68.4 Å². The van der Waals surface area contributed by atoms with Crippen LogP contribution in [0.4, 0.5) is 4.39 Å². The molecule has 4 aromatic carbocycles. The molecule has 8 aromatic rings. The molecule has 0 bridgehead atoms. The van der Waals surface area contributed by atoms with Crippen LogP contribution >= 0.6 is 0 Å². The van der Waals surface area contributed by atoms with Crippen LogP contribution < -0.4 is 0 Å². The van der Waals surface area contributed by atoms with Crippen LogP contribution in [0.1, 0.15) is 165 Å². The number of pyridine rings is 1. The minimum atomic E-state index is -2.43. The predicted octanol–water partition coefficient (Wildman–Crippen LogP) is 15.9. The van der Waals surface area contributed by atoms with E-state index in [-0.39, 0.29) is 59.6 Å². The van der Waals surface area contributed by atoms with Gasteiger partial charge < -0.3 is 13.8 Å². The summed E-state index contributed by atoms with van der Waals surface area (Å²) in [6.45, 7) is 29.9. The Labute approximate surface area is 397 Å². The Hall–Kier alpha value is -5.04. The maximum atomic E-state index is 12.8. The van der Waals surface area contributed by atoms with Crippen LogP contribution in [0.5, 0.6) is 0 Å². The first-order valence-corrected chi connectivity index (χ1v) is 22.1. The topological polar surface area (TPSA) is 77.8 Å². The molecular formula is C56H63FIrN4O2-2. The Bertz CT molecular complexity index is 3030. The molecule has 0 saturated heterocycles. The molecule has 0 amide bonds. The van der Waals surface area contributed by atoms with E-state index in [0.29, 0.717) is 56.1 Å². The van der Waals surface area contributed by atoms with Crippen LogP contribution in [0, 0.1) is 24.8 Å². The van der Waals surface area contributed by atoms with E-state index in [1.165, 1.54) is 34.4 Å². The van der Waals surface area contributed by atoms with Gasteiger partial charge in [0, 0.05) is 58.1 Å². The molecule has 0 saturated carbocycles. The second kappa shape index (κ2) is 18.1. The Kier molecular flexibility index (Phi) is 12.5. The number of aromatic nitrogens is 4. The third-order valence-corrected chi connectivity index (χ3v) is 11.6. The van der Waals surface area contributed by atoms with Crippen LogP contribution in [-0.2, 0) is 36.4 Å². The fourth-order valence-corrected chi connectivity index (χ4v) is 7.79. The van der Waals surface area contributed by atoms with Crippen molar-refractivity contribution in [3.63, 3.8) is 0 Å². The molecule has 8 heteroatoms. The van der Waals surface area contributed by atoms with Crippen molar-refractivity contribution in [2.24, 2.45) is 0 Å². The number of halogens is 1. The second-order valence-electron chi connectivity index (χ2n) is 20.8. The summed E-state index contributed by atoms with van der Waals surface area (Å²) >= 11 is 0. The molecule has 1 radical (unpaired) electrons. The first-order chi connectivity index (χ1) is 30.6. The molecule has 0 atom stereocenters. The number of hydrogen-bond donors (Lipinski definition) is 0. The van der Waals surface area contributed by atoms with Crippen LogP contribution in [-0.4, -0.2) is 19.9 Å². The van der Waals surface area contributed by atoms with E-state index in [1.54, 1.807) is 18.5 Å². The third kappa shape index (κ3) is 9.65. The van der Waals surface area contributed by atoms with E-state index in [9.17, 15) is 4.39 Å². The van der Waals surface area contributed by atoms with Crippen LogP contribution in [0.25, 0.3) is 66.7 Å². The van der Waals surface area contributed by atoms with Crippen molar-refractivity contribution < 1.29 is 37.4 Å². The minimum absolute atomic E-state index is 0. The molecule has 0 N–H and O–H groups in total. The van der Waals surface area contributed by atoms with Gasteiger partial charge in [-0.2, -0.15) is 0 Å². The Morgan fingerprint density at radius 2 is 1.36 bits per heavy atom. The van der Waals surface area contributed by atoms with Gasteiger partial charge in [0.2, 0.25) is 5.89 Å². The van der Waals surface area contributed by atoms with Crippen molar-refractivity contribution in [3.8, 4) is 33.6 Å². The average molecular weight is 1040 g/mol. The van der Waals surface area contributed by atoms with Crippen molar-refractivity contribution in [1.82, 2.24) is 19.9 Å². The first kappa shape index (κ1) is 44.2. The summed E-state index contributed by atoms with van der Waals surface area (Å²) in [5, 5.41) is 1.17. The van der Waals surface area contributed by atoms with Crippen LogP contribution in [0.15, 0.2) is 82.0 Å². The number of hydrogen-bond acceptors (Lipinski definition) is 6. The zero-order chi connectivity index (χ0) is 48.4. The zero-order valence-electron chi connectivity index (χ0n) is 43.0. The molecule has 0 aliphatic rings. The van der Waals surface area contributed by atoms with Crippen molar-refractivity contribution in [3.05, 3.63) is 131 Å². The Morgan fingerprint density at radius 3 is 1.89 bits per heavy atom. The van der Waals surface area contributed by atoms with Gasteiger partial charge >= 0.3 is 0 Å². The summed E-state index contributed by atoms with van der Waals surface area (Å²) in [6, 6.07) is 24.6. The van der Waals surface area contributed by atoms with Crippen molar-refractivity contribution in [2.75, 3.05) is 0 Å². The minimum Gasteiger partial charge on any atom is -0.500 e. The molecule has 8 rings (SSSR count). The Morgan fingerprint density at radius 1 is 0.672 bits per heavy atom. The SMILES string of the molecule is CC(C)(C)c1ccc(-c2[c-]cc(F)cc2)nc1.[2H]C([2H])([2H])c1c[c-]c(-c2cc(C(C)(C)C)ncn2)c2oc3c(-c4c(C(C)C)cc(C(C)C)cc4C(C)C)c4nc(C(C)(C)C)oc4cc3c12.[Ir]. The smallest absolute Gasteiger partial charge is 0.200 e. The second-order valence-corrected chi connectivity index (χ2v) is 20.8. The van der Waals surface area contributed by atoms with Gasteiger partial charge in [0.25, 0.3) is 0 Å². The predicted molar refractivity (Wildman–Crippen MR) is 258 cm³/mol.